The molecule has 0 aliphatic heterocycles. The number of rotatable bonds is 2. The zero-order valence-corrected chi connectivity index (χ0v) is 10.6. The minimum absolute atomic E-state index is 0.0350. The fraction of sp³-hybridized carbons (Fsp3) is 0.0714. The molecule has 0 aliphatic rings. The monoisotopic (exact) mass is 269 g/mol. The Morgan fingerprint density at radius 3 is 2.75 bits per heavy atom. The van der Waals surface area contributed by atoms with Crippen LogP contribution in [0.2, 0.25) is 0 Å². The van der Waals surface area contributed by atoms with Crippen molar-refractivity contribution in [2.24, 2.45) is 0 Å². The molecule has 0 atom stereocenters. The molecule has 3 rings (SSSR count). The first-order chi connectivity index (χ1) is 9.56. The van der Waals surface area contributed by atoms with Crippen molar-refractivity contribution in [1.29, 1.82) is 0 Å². The molecule has 20 heavy (non-hydrogen) atoms. The van der Waals surface area contributed by atoms with Crippen molar-refractivity contribution in [2.75, 3.05) is 0 Å². The van der Waals surface area contributed by atoms with E-state index < -0.39 is 4.92 Å². The molecular weight excluding hydrogens is 258 g/mol. The van der Waals surface area contributed by atoms with Crippen molar-refractivity contribution in [3.05, 3.63) is 52.1 Å². The molecule has 0 saturated heterocycles. The predicted molar refractivity (Wildman–Crippen MR) is 74.6 cm³/mol. The van der Waals surface area contributed by atoms with Crippen LogP contribution in [0.4, 0.5) is 5.69 Å². The number of hydrogen-bond donors (Lipinski definition) is 2. The van der Waals surface area contributed by atoms with Crippen molar-refractivity contribution >= 4 is 16.7 Å². The van der Waals surface area contributed by atoms with Gasteiger partial charge in [0.05, 0.1) is 21.5 Å². The standard InChI is InChI=1S/C14H11N3O3/c1-8-6-13(18)9(7-12(8)17(19)20)14-15-10-4-2-3-5-11(10)16-14/h2-7,18H,1H3,(H,15,16). The number of aromatic amines is 1. The molecule has 0 unspecified atom stereocenters. The molecule has 2 N–H and O–H groups in total. The summed E-state index contributed by atoms with van der Waals surface area (Å²) >= 11 is 0. The number of hydrogen-bond acceptors (Lipinski definition) is 4. The maximum absolute atomic E-state index is 11.0. The number of benzene rings is 2. The zero-order valence-electron chi connectivity index (χ0n) is 10.6. The molecule has 100 valence electrons. The van der Waals surface area contributed by atoms with Crippen LogP contribution in [0.15, 0.2) is 36.4 Å². The van der Waals surface area contributed by atoms with Crippen LogP contribution in [-0.4, -0.2) is 20.0 Å². The Kier molecular flexibility index (Phi) is 2.64. The number of nitro groups is 1. The molecule has 2 aromatic carbocycles. The molecule has 0 aliphatic carbocycles. The highest BCUT2D eigenvalue weighted by Gasteiger charge is 2.18. The molecular formula is C14H11N3O3. The van der Waals surface area contributed by atoms with Crippen LogP contribution in [0.3, 0.4) is 0 Å². The molecule has 1 heterocycles. The van der Waals surface area contributed by atoms with Crippen LogP contribution >= 0.6 is 0 Å². The first-order valence-corrected chi connectivity index (χ1v) is 5.99. The summed E-state index contributed by atoms with van der Waals surface area (Å²) in [5, 5.41) is 21.0. The van der Waals surface area contributed by atoms with Crippen LogP contribution in [-0.2, 0) is 0 Å². The van der Waals surface area contributed by atoms with E-state index in [0.29, 0.717) is 17.0 Å². The third kappa shape index (κ3) is 1.87. The van der Waals surface area contributed by atoms with Gasteiger partial charge in [0.25, 0.3) is 5.69 Å². The van der Waals surface area contributed by atoms with E-state index in [1.54, 1.807) is 6.92 Å². The van der Waals surface area contributed by atoms with Crippen molar-refractivity contribution in [3.8, 4) is 17.1 Å². The number of aryl methyl sites for hydroxylation is 1. The van der Waals surface area contributed by atoms with Gasteiger partial charge >= 0.3 is 0 Å². The lowest BCUT2D eigenvalue weighted by Gasteiger charge is -2.03. The van der Waals surface area contributed by atoms with Gasteiger partial charge in [-0.05, 0) is 25.1 Å². The molecule has 0 bridgehead atoms. The summed E-state index contributed by atoms with van der Waals surface area (Å²) in [6, 6.07) is 10.1. The first kappa shape index (κ1) is 12.2. The second kappa shape index (κ2) is 4.34. The van der Waals surface area contributed by atoms with Crippen LogP contribution in [0.25, 0.3) is 22.4 Å². The van der Waals surface area contributed by atoms with Crippen LogP contribution in [0.1, 0.15) is 5.56 Å². The van der Waals surface area contributed by atoms with Gasteiger partial charge in [0.1, 0.15) is 11.6 Å². The SMILES string of the molecule is Cc1cc(O)c(-c2nc3ccccc3[nH]2)cc1[N+](=O)[O-]. The molecule has 0 fully saturated rings. The summed E-state index contributed by atoms with van der Waals surface area (Å²) < 4.78 is 0. The summed E-state index contributed by atoms with van der Waals surface area (Å²) in [6.07, 6.45) is 0. The third-order valence-corrected chi connectivity index (χ3v) is 3.16. The highest BCUT2D eigenvalue weighted by Crippen LogP contribution is 2.34. The maximum atomic E-state index is 11.0. The van der Waals surface area contributed by atoms with E-state index in [0.717, 1.165) is 11.0 Å². The quantitative estimate of drug-likeness (QED) is 0.552. The Morgan fingerprint density at radius 2 is 2.05 bits per heavy atom. The second-order valence-electron chi connectivity index (χ2n) is 4.52. The van der Waals surface area contributed by atoms with Gasteiger partial charge in [-0.1, -0.05) is 12.1 Å². The average Bonchev–Trinajstić information content (AvgIpc) is 2.81. The van der Waals surface area contributed by atoms with E-state index in [1.807, 2.05) is 24.3 Å². The summed E-state index contributed by atoms with van der Waals surface area (Å²) in [6.45, 7) is 1.58. The highest BCUT2D eigenvalue weighted by atomic mass is 16.6. The van der Waals surface area contributed by atoms with Crippen molar-refractivity contribution in [2.45, 2.75) is 6.92 Å². The number of aromatic nitrogens is 2. The molecule has 0 amide bonds. The van der Waals surface area contributed by atoms with Gasteiger partial charge in [-0.15, -0.1) is 0 Å². The predicted octanol–water partition coefficient (Wildman–Crippen LogP) is 3.15. The lowest BCUT2D eigenvalue weighted by molar-refractivity contribution is -0.385. The van der Waals surface area contributed by atoms with E-state index in [2.05, 4.69) is 9.97 Å². The normalized spacial score (nSPS) is 10.8. The Balaban J connectivity index is 2.22. The molecule has 6 nitrogen and oxygen atoms in total. The number of aromatic hydroxyl groups is 1. The van der Waals surface area contributed by atoms with Crippen molar-refractivity contribution in [1.82, 2.24) is 9.97 Å². The topological polar surface area (TPSA) is 92.1 Å². The second-order valence-corrected chi connectivity index (χ2v) is 4.52. The Bertz CT molecular complexity index is 791. The van der Waals surface area contributed by atoms with E-state index in [9.17, 15) is 15.2 Å². The summed E-state index contributed by atoms with van der Waals surface area (Å²) in [5.74, 6) is 0.374. The number of H-pyrrole nitrogens is 1. The van der Waals surface area contributed by atoms with Gasteiger partial charge in [0.2, 0.25) is 0 Å². The number of phenolic OH excluding ortho intramolecular Hbond substituents is 1. The first-order valence-electron chi connectivity index (χ1n) is 5.99. The minimum Gasteiger partial charge on any atom is -0.507 e. The average molecular weight is 269 g/mol. The zero-order chi connectivity index (χ0) is 14.3. The molecule has 3 aromatic rings. The van der Waals surface area contributed by atoms with Crippen LogP contribution in [0, 0.1) is 17.0 Å². The van der Waals surface area contributed by atoms with Gasteiger partial charge in [-0.2, -0.15) is 0 Å². The highest BCUT2D eigenvalue weighted by molar-refractivity contribution is 5.81. The van der Waals surface area contributed by atoms with E-state index in [4.69, 9.17) is 0 Å². The fourth-order valence-electron chi connectivity index (χ4n) is 2.15. The lowest BCUT2D eigenvalue weighted by Crippen LogP contribution is -1.93. The summed E-state index contributed by atoms with van der Waals surface area (Å²) in [5.41, 5.74) is 2.24. The Labute approximate surface area is 113 Å². The molecule has 0 saturated carbocycles. The number of para-hydroxylation sites is 2. The van der Waals surface area contributed by atoms with Crippen molar-refractivity contribution < 1.29 is 10.0 Å². The van der Waals surface area contributed by atoms with Crippen LogP contribution in [0.5, 0.6) is 5.75 Å². The number of nitrogens with zero attached hydrogens (tertiary/aromatic N) is 2. The number of nitrogens with one attached hydrogen (secondary N) is 1. The number of fused-ring (bicyclic) bond motifs is 1. The van der Waals surface area contributed by atoms with Gasteiger partial charge < -0.3 is 10.1 Å². The Morgan fingerprint density at radius 1 is 1.30 bits per heavy atom. The van der Waals surface area contributed by atoms with Gasteiger partial charge in [-0.25, -0.2) is 4.98 Å². The third-order valence-electron chi connectivity index (χ3n) is 3.16. The van der Waals surface area contributed by atoms with Crippen LogP contribution < -0.4 is 0 Å². The van der Waals surface area contributed by atoms with Gasteiger partial charge in [-0.3, -0.25) is 10.1 Å². The fourth-order valence-corrected chi connectivity index (χ4v) is 2.15. The number of imidazole rings is 1. The van der Waals surface area contributed by atoms with E-state index >= 15 is 0 Å². The summed E-state index contributed by atoms with van der Waals surface area (Å²) in [7, 11) is 0. The largest absolute Gasteiger partial charge is 0.507 e. The van der Waals surface area contributed by atoms with Gasteiger partial charge in [0.15, 0.2) is 0 Å². The molecule has 0 spiro atoms. The maximum Gasteiger partial charge on any atom is 0.273 e. The van der Waals surface area contributed by atoms with Gasteiger partial charge in [0, 0.05) is 11.6 Å². The molecule has 0 radical (unpaired) electrons. The minimum atomic E-state index is -0.471. The number of phenols is 1. The summed E-state index contributed by atoms with van der Waals surface area (Å²) in [4.78, 5) is 17.9. The Hall–Kier alpha value is -2.89. The van der Waals surface area contributed by atoms with Crippen molar-refractivity contribution in [3.63, 3.8) is 0 Å². The lowest BCUT2D eigenvalue weighted by atomic mass is 10.1. The number of nitro benzene ring substituents is 1. The van der Waals surface area contributed by atoms with E-state index in [1.165, 1.54) is 12.1 Å². The smallest absolute Gasteiger partial charge is 0.273 e. The molecule has 1 aromatic heterocycles. The molecule has 6 heteroatoms. The van der Waals surface area contributed by atoms with E-state index in [-0.39, 0.29) is 11.4 Å².